The molecule has 2 heterocycles. The average Bonchev–Trinajstić information content (AvgIpc) is 3.04. The van der Waals surface area contributed by atoms with Gasteiger partial charge in [0.2, 0.25) is 0 Å². The topological polar surface area (TPSA) is 54.8 Å². The van der Waals surface area contributed by atoms with E-state index >= 15 is 0 Å². The van der Waals surface area contributed by atoms with E-state index in [1.807, 2.05) is 24.3 Å². The summed E-state index contributed by atoms with van der Waals surface area (Å²) in [5, 5.41) is 1.96. The monoisotopic (exact) mass is 393 g/mol. The summed E-state index contributed by atoms with van der Waals surface area (Å²) in [6, 6.07) is 9.88. The first-order valence-electron chi connectivity index (χ1n) is 10.2. The van der Waals surface area contributed by atoms with E-state index in [1.165, 1.54) is 0 Å². The Morgan fingerprint density at radius 1 is 1.14 bits per heavy atom. The number of nitrogens with zero attached hydrogens (tertiary/aromatic N) is 3. The summed E-state index contributed by atoms with van der Waals surface area (Å²) < 4.78 is 8.21. The van der Waals surface area contributed by atoms with Gasteiger partial charge in [-0.05, 0) is 50.3 Å². The molecule has 0 spiro atoms. The SMILES string of the molecule is CCN(CC)CCn1c2ccc(C(C)=O)cc2c2c3c(ccc21)N(C)C(=O)CO3. The van der Waals surface area contributed by atoms with Crippen molar-refractivity contribution in [2.75, 3.05) is 38.2 Å². The van der Waals surface area contributed by atoms with Crippen LogP contribution >= 0.6 is 0 Å². The number of rotatable bonds is 6. The predicted octanol–water partition coefficient (Wildman–Crippen LogP) is 3.69. The van der Waals surface area contributed by atoms with Gasteiger partial charge in [-0.25, -0.2) is 0 Å². The van der Waals surface area contributed by atoms with E-state index in [0.29, 0.717) is 5.56 Å². The number of ketones is 1. The predicted molar refractivity (Wildman–Crippen MR) is 116 cm³/mol. The molecule has 1 aliphatic heterocycles. The van der Waals surface area contributed by atoms with Crippen LogP contribution in [0.3, 0.4) is 0 Å². The van der Waals surface area contributed by atoms with Crippen molar-refractivity contribution in [1.29, 1.82) is 0 Å². The molecule has 3 aromatic rings. The molecule has 4 rings (SSSR count). The molecule has 152 valence electrons. The van der Waals surface area contributed by atoms with Gasteiger partial charge in [0.1, 0.15) is 0 Å². The number of hydrogen-bond acceptors (Lipinski definition) is 4. The second kappa shape index (κ2) is 7.52. The Kier molecular flexibility index (Phi) is 5.04. The molecular formula is C23H27N3O3. The lowest BCUT2D eigenvalue weighted by Crippen LogP contribution is -2.35. The summed E-state index contributed by atoms with van der Waals surface area (Å²) in [6.07, 6.45) is 0. The molecule has 0 saturated carbocycles. The van der Waals surface area contributed by atoms with Gasteiger partial charge in [-0.3, -0.25) is 9.59 Å². The van der Waals surface area contributed by atoms with Crippen LogP contribution < -0.4 is 9.64 Å². The summed E-state index contributed by atoms with van der Waals surface area (Å²) in [5.74, 6) is 0.692. The Morgan fingerprint density at radius 3 is 2.55 bits per heavy atom. The Bertz CT molecular complexity index is 1110. The summed E-state index contributed by atoms with van der Waals surface area (Å²) in [7, 11) is 1.77. The largest absolute Gasteiger partial charge is 0.481 e. The van der Waals surface area contributed by atoms with Gasteiger partial charge in [0, 0.05) is 36.6 Å². The lowest BCUT2D eigenvalue weighted by Gasteiger charge is -2.26. The van der Waals surface area contributed by atoms with Crippen LogP contribution in [0.15, 0.2) is 30.3 Å². The minimum atomic E-state index is -0.0634. The van der Waals surface area contributed by atoms with Crippen LogP contribution in [-0.4, -0.2) is 54.4 Å². The van der Waals surface area contributed by atoms with Crippen molar-refractivity contribution in [3.63, 3.8) is 0 Å². The fraction of sp³-hybridized carbons (Fsp3) is 0.391. The minimum Gasteiger partial charge on any atom is -0.481 e. The summed E-state index contributed by atoms with van der Waals surface area (Å²) in [5.41, 5.74) is 3.59. The zero-order valence-electron chi connectivity index (χ0n) is 17.5. The first-order chi connectivity index (χ1) is 14.0. The van der Waals surface area contributed by atoms with Crippen molar-refractivity contribution in [3.8, 4) is 5.75 Å². The van der Waals surface area contributed by atoms with Gasteiger partial charge in [0.05, 0.1) is 16.6 Å². The number of fused-ring (bicyclic) bond motifs is 5. The first kappa shape index (κ1) is 19.5. The van der Waals surface area contributed by atoms with Crippen molar-refractivity contribution in [1.82, 2.24) is 9.47 Å². The number of benzene rings is 2. The zero-order chi connectivity index (χ0) is 20.7. The molecule has 0 saturated heterocycles. The van der Waals surface area contributed by atoms with Crippen LogP contribution in [0.4, 0.5) is 5.69 Å². The number of carbonyl (C=O) groups is 2. The van der Waals surface area contributed by atoms with Gasteiger partial charge >= 0.3 is 0 Å². The van der Waals surface area contributed by atoms with Crippen LogP contribution in [0.2, 0.25) is 0 Å². The number of Topliss-reactive ketones (excluding diaryl/α,β-unsaturated/α-hetero) is 1. The number of amides is 1. The van der Waals surface area contributed by atoms with E-state index in [0.717, 1.165) is 59.4 Å². The Balaban J connectivity index is 1.97. The fourth-order valence-corrected chi connectivity index (χ4v) is 4.16. The molecule has 1 aromatic heterocycles. The van der Waals surface area contributed by atoms with Crippen molar-refractivity contribution >= 4 is 39.2 Å². The normalized spacial score (nSPS) is 14.0. The highest BCUT2D eigenvalue weighted by molar-refractivity contribution is 6.16. The van der Waals surface area contributed by atoms with Gasteiger partial charge in [-0.2, -0.15) is 0 Å². The lowest BCUT2D eigenvalue weighted by molar-refractivity contribution is -0.120. The molecule has 0 radical (unpaired) electrons. The molecule has 0 bridgehead atoms. The molecule has 6 heteroatoms. The third kappa shape index (κ3) is 3.17. The second-order valence-corrected chi connectivity index (χ2v) is 7.52. The van der Waals surface area contributed by atoms with E-state index in [2.05, 4.69) is 29.4 Å². The van der Waals surface area contributed by atoms with Crippen LogP contribution in [0.25, 0.3) is 21.8 Å². The van der Waals surface area contributed by atoms with Crippen molar-refractivity contribution in [2.24, 2.45) is 0 Å². The molecule has 0 fully saturated rings. The maximum absolute atomic E-state index is 12.1. The van der Waals surface area contributed by atoms with Crippen LogP contribution in [0.1, 0.15) is 31.1 Å². The highest BCUT2D eigenvalue weighted by Gasteiger charge is 2.27. The van der Waals surface area contributed by atoms with Crippen molar-refractivity contribution in [3.05, 3.63) is 35.9 Å². The van der Waals surface area contributed by atoms with Gasteiger partial charge in [-0.15, -0.1) is 0 Å². The first-order valence-corrected chi connectivity index (χ1v) is 10.2. The smallest absolute Gasteiger partial charge is 0.264 e. The highest BCUT2D eigenvalue weighted by atomic mass is 16.5. The summed E-state index contributed by atoms with van der Waals surface area (Å²) >= 11 is 0. The van der Waals surface area contributed by atoms with Crippen molar-refractivity contribution < 1.29 is 14.3 Å². The van der Waals surface area contributed by atoms with Crippen LogP contribution in [0.5, 0.6) is 5.75 Å². The maximum Gasteiger partial charge on any atom is 0.264 e. The minimum absolute atomic E-state index is 0.0289. The average molecular weight is 393 g/mol. The molecule has 0 N–H and O–H groups in total. The second-order valence-electron chi connectivity index (χ2n) is 7.52. The number of anilines is 1. The standard InChI is InChI=1S/C23H27N3O3/c1-5-25(6-2)11-12-26-18-8-7-16(15(3)27)13-17(18)22-19(26)9-10-20-23(22)29-14-21(28)24(20)4/h7-10,13H,5-6,11-12,14H2,1-4H3. The number of ether oxygens (including phenoxy) is 1. The molecule has 1 amide bonds. The zero-order valence-corrected chi connectivity index (χ0v) is 17.5. The van der Waals surface area contributed by atoms with E-state index in [-0.39, 0.29) is 18.3 Å². The van der Waals surface area contributed by atoms with Gasteiger partial charge in [0.15, 0.2) is 18.1 Å². The number of hydrogen-bond donors (Lipinski definition) is 0. The molecule has 6 nitrogen and oxygen atoms in total. The van der Waals surface area contributed by atoms with Gasteiger partial charge in [-0.1, -0.05) is 13.8 Å². The highest BCUT2D eigenvalue weighted by Crippen LogP contribution is 2.43. The van der Waals surface area contributed by atoms with Crippen LogP contribution in [0, 0.1) is 0 Å². The summed E-state index contributed by atoms with van der Waals surface area (Å²) in [6.45, 7) is 9.75. The van der Waals surface area contributed by atoms with Gasteiger partial charge < -0.3 is 19.1 Å². The molecule has 1 aliphatic rings. The van der Waals surface area contributed by atoms with Crippen LogP contribution in [-0.2, 0) is 11.3 Å². The molecule has 2 aromatic carbocycles. The van der Waals surface area contributed by atoms with E-state index in [4.69, 9.17) is 4.74 Å². The third-order valence-corrected chi connectivity index (χ3v) is 5.98. The fourth-order valence-electron chi connectivity index (χ4n) is 4.16. The molecular weight excluding hydrogens is 366 g/mol. The lowest BCUT2D eigenvalue weighted by atomic mass is 10.1. The van der Waals surface area contributed by atoms with Gasteiger partial charge in [0.25, 0.3) is 5.91 Å². The Hall–Kier alpha value is -2.86. The number of likely N-dealkylation sites (N-methyl/N-ethyl adjacent to an activating group) is 2. The molecule has 0 atom stereocenters. The molecule has 29 heavy (non-hydrogen) atoms. The van der Waals surface area contributed by atoms with Crippen molar-refractivity contribution in [2.45, 2.75) is 27.3 Å². The third-order valence-electron chi connectivity index (χ3n) is 5.98. The number of aromatic nitrogens is 1. The summed E-state index contributed by atoms with van der Waals surface area (Å²) in [4.78, 5) is 28.1. The molecule has 0 aliphatic carbocycles. The Labute approximate surface area is 170 Å². The quantitative estimate of drug-likeness (QED) is 0.600. The van der Waals surface area contributed by atoms with E-state index < -0.39 is 0 Å². The van der Waals surface area contributed by atoms with E-state index in [9.17, 15) is 9.59 Å². The Morgan fingerprint density at radius 2 is 1.86 bits per heavy atom. The van der Waals surface area contributed by atoms with E-state index in [1.54, 1.807) is 18.9 Å². The maximum atomic E-state index is 12.1. The molecule has 0 unspecified atom stereocenters. The number of carbonyl (C=O) groups excluding carboxylic acids is 2.